The normalized spacial score (nSPS) is 11.2. The second-order valence-corrected chi connectivity index (χ2v) is 6.72. The number of hydrogen-bond donors (Lipinski definition) is 1. The number of amides is 1. The van der Waals surface area contributed by atoms with Gasteiger partial charge in [-0.25, -0.2) is 17.8 Å². The van der Waals surface area contributed by atoms with E-state index >= 15 is 0 Å². The van der Waals surface area contributed by atoms with Crippen molar-refractivity contribution in [3.8, 4) is 5.69 Å². The Bertz CT molecular complexity index is 906. The summed E-state index contributed by atoms with van der Waals surface area (Å²) in [4.78, 5) is 23.7. The van der Waals surface area contributed by atoms with E-state index in [9.17, 15) is 18.0 Å². The molecule has 0 atom stereocenters. The SMILES string of the molecule is Cc1cc(=O)c(C(=O)NS(C)(=O)=O)nn1-c1ccccc1Cl. The number of carbonyl (C=O) groups is 1. The van der Waals surface area contributed by atoms with Gasteiger partial charge >= 0.3 is 0 Å². The summed E-state index contributed by atoms with van der Waals surface area (Å²) in [5, 5.41) is 4.30. The lowest BCUT2D eigenvalue weighted by Crippen LogP contribution is -2.35. The van der Waals surface area contributed by atoms with Gasteiger partial charge in [-0.2, -0.15) is 5.10 Å². The topological polar surface area (TPSA) is 98.1 Å². The average Bonchev–Trinajstić information content (AvgIpc) is 2.38. The predicted octanol–water partition coefficient (Wildman–Crippen LogP) is 0.884. The zero-order chi connectivity index (χ0) is 16.5. The monoisotopic (exact) mass is 341 g/mol. The first-order chi connectivity index (χ1) is 10.2. The highest BCUT2D eigenvalue weighted by Gasteiger charge is 2.18. The van der Waals surface area contributed by atoms with Crippen LogP contribution in [-0.4, -0.2) is 30.4 Å². The highest BCUT2D eigenvalue weighted by Crippen LogP contribution is 2.19. The zero-order valence-electron chi connectivity index (χ0n) is 11.7. The summed E-state index contributed by atoms with van der Waals surface area (Å²) in [5.41, 5.74) is -0.290. The Morgan fingerprint density at radius 3 is 2.55 bits per heavy atom. The fourth-order valence-electron chi connectivity index (χ4n) is 1.79. The molecule has 0 radical (unpaired) electrons. The Labute approximate surface area is 131 Å². The number of nitrogens with one attached hydrogen (secondary N) is 1. The maximum atomic E-state index is 11.9. The van der Waals surface area contributed by atoms with Gasteiger partial charge < -0.3 is 0 Å². The van der Waals surface area contributed by atoms with Crippen molar-refractivity contribution in [2.24, 2.45) is 0 Å². The first-order valence-electron chi connectivity index (χ1n) is 6.07. The number of halogens is 1. The molecule has 22 heavy (non-hydrogen) atoms. The van der Waals surface area contributed by atoms with Crippen molar-refractivity contribution < 1.29 is 13.2 Å². The summed E-state index contributed by atoms with van der Waals surface area (Å²) in [6, 6.07) is 7.92. The standard InChI is InChI=1S/C13H12ClN3O4S/c1-8-7-11(18)12(13(19)16-22(2,20)21)15-17(8)10-6-4-3-5-9(10)14/h3-7H,1-2H3,(H,16,19). The molecule has 0 fully saturated rings. The molecule has 0 aliphatic carbocycles. The van der Waals surface area contributed by atoms with Crippen LogP contribution in [0.5, 0.6) is 0 Å². The van der Waals surface area contributed by atoms with Gasteiger partial charge in [0.2, 0.25) is 15.5 Å². The van der Waals surface area contributed by atoms with E-state index in [0.717, 1.165) is 6.26 Å². The van der Waals surface area contributed by atoms with Gasteiger partial charge in [-0.05, 0) is 19.1 Å². The number of nitrogens with zero attached hydrogens (tertiary/aromatic N) is 2. The van der Waals surface area contributed by atoms with E-state index in [-0.39, 0.29) is 0 Å². The number of aryl methyl sites for hydroxylation is 1. The highest BCUT2D eigenvalue weighted by molar-refractivity contribution is 7.89. The molecule has 0 spiro atoms. The maximum absolute atomic E-state index is 11.9. The van der Waals surface area contributed by atoms with Gasteiger partial charge in [0.15, 0.2) is 5.69 Å². The van der Waals surface area contributed by atoms with Crippen molar-refractivity contribution in [3.05, 3.63) is 57.0 Å². The van der Waals surface area contributed by atoms with E-state index in [2.05, 4.69) is 5.10 Å². The molecule has 1 aromatic heterocycles. The Hall–Kier alpha value is -2.19. The van der Waals surface area contributed by atoms with E-state index in [1.807, 2.05) is 0 Å². The van der Waals surface area contributed by atoms with Crippen LogP contribution < -0.4 is 10.2 Å². The van der Waals surface area contributed by atoms with Crippen LogP contribution in [0.1, 0.15) is 16.2 Å². The van der Waals surface area contributed by atoms with Gasteiger partial charge in [0.05, 0.1) is 17.0 Å². The molecule has 7 nitrogen and oxygen atoms in total. The highest BCUT2D eigenvalue weighted by atomic mass is 35.5. The number of sulfonamides is 1. The van der Waals surface area contributed by atoms with Gasteiger partial charge in [-0.3, -0.25) is 9.59 Å². The molecule has 0 saturated carbocycles. The van der Waals surface area contributed by atoms with Crippen LogP contribution >= 0.6 is 11.6 Å². The van der Waals surface area contributed by atoms with Gasteiger partial charge in [0.1, 0.15) is 0 Å². The first kappa shape index (κ1) is 16.2. The molecule has 1 N–H and O–H groups in total. The second kappa shape index (κ2) is 5.90. The molecule has 2 rings (SSSR count). The van der Waals surface area contributed by atoms with E-state index < -0.39 is 27.1 Å². The molecular formula is C13H12ClN3O4S. The molecule has 0 saturated heterocycles. The van der Waals surface area contributed by atoms with Crippen LogP contribution in [0.4, 0.5) is 0 Å². The number of rotatable bonds is 3. The van der Waals surface area contributed by atoms with Crippen LogP contribution in [0.25, 0.3) is 5.69 Å². The molecule has 2 aromatic rings. The molecule has 0 bridgehead atoms. The third kappa shape index (κ3) is 3.52. The van der Waals surface area contributed by atoms with Crippen LogP contribution in [0.3, 0.4) is 0 Å². The minimum atomic E-state index is -3.80. The quantitative estimate of drug-likeness (QED) is 0.893. The summed E-state index contributed by atoms with van der Waals surface area (Å²) >= 11 is 6.07. The fraction of sp³-hybridized carbons (Fsp3) is 0.154. The van der Waals surface area contributed by atoms with E-state index in [1.165, 1.54) is 10.7 Å². The van der Waals surface area contributed by atoms with Crippen molar-refractivity contribution in [1.82, 2.24) is 14.5 Å². The Morgan fingerprint density at radius 1 is 1.32 bits per heavy atom. The summed E-state index contributed by atoms with van der Waals surface area (Å²) in [6.07, 6.45) is 0.811. The third-order valence-electron chi connectivity index (χ3n) is 2.68. The van der Waals surface area contributed by atoms with Crippen molar-refractivity contribution in [1.29, 1.82) is 0 Å². The number of hydrogen-bond acceptors (Lipinski definition) is 5. The van der Waals surface area contributed by atoms with E-state index in [4.69, 9.17) is 11.6 Å². The summed E-state index contributed by atoms with van der Waals surface area (Å²) in [7, 11) is -3.80. The summed E-state index contributed by atoms with van der Waals surface area (Å²) in [5.74, 6) is -1.09. The van der Waals surface area contributed by atoms with Gasteiger partial charge in [-0.1, -0.05) is 23.7 Å². The van der Waals surface area contributed by atoms with Gasteiger partial charge in [0.25, 0.3) is 5.91 Å². The smallest absolute Gasteiger partial charge is 0.287 e. The predicted molar refractivity (Wildman–Crippen MR) is 81.9 cm³/mol. The molecule has 0 unspecified atom stereocenters. The Balaban J connectivity index is 2.60. The van der Waals surface area contributed by atoms with Crippen molar-refractivity contribution in [2.45, 2.75) is 6.92 Å². The van der Waals surface area contributed by atoms with Crippen LogP contribution in [-0.2, 0) is 10.0 Å². The lowest BCUT2D eigenvalue weighted by molar-refractivity contribution is 0.0974. The number of benzene rings is 1. The molecular weight excluding hydrogens is 330 g/mol. The number of aromatic nitrogens is 2. The first-order valence-corrected chi connectivity index (χ1v) is 8.34. The molecule has 1 amide bonds. The Kier molecular flexibility index (Phi) is 4.34. The lowest BCUT2D eigenvalue weighted by atomic mass is 10.3. The molecule has 0 aliphatic rings. The Morgan fingerprint density at radius 2 is 1.95 bits per heavy atom. The molecule has 9 heteroatoms. The van der Waals surface area contributed by atoms with Crippen LogP contribution in [0.2, 0.25) is 5.02 Å². The number of carbonyl (C=O) groups excluding carboxylic acids is 1. The minimum absolute atomic E-state index is 0.372. The van der Waals surface area contributed by atoms with Crippen molar-refractivity contribution >= 4 is 27.5 Å². The van der Waals surface area contributed by atoms with Crippen LogP contribution in [0.15, 0.2) is 35.1 Å². The molecule has 1 aromatic carbocycles. The second-order valence-electron chi connectivity index (χ2n) is 4.57. The largest absolute Gasteiger partial charge is 0.289 e. The van der Waals surface area contributed by atoms with E-state index in [0.29, 0.717) is 16.4 Å². The van der Waals surface area contributed by atoms with Crippen LogP contribution in [0, 0.1) is 6.92 Å². The summed E-state index contributed by atoms with van der Waals surface area (Å²) in [6.45, 7) is 1.62. The molecule has 0 aliphatic heterocycles. The van der Waals surface area contributed by atoms with Crippen molar-refractivity contribution in [2.75, 3.05) is 6.26 Å². The minimum Gasteiger partial charge on any atom is -0.287 e. The maximum Gasteiger partial charge on any atom is 0.289 e. The summed E-state index contributed by atoms with van der Waals surface area (Å²) < 4.78 is 25.2. The van der Waals surface area contributed by atoms with Crippen molar-refractivity contribution in [3.63, 3.8) is 0 Å². The molecule has 1 heterocycles. The number of para-hydroxylation sites is 1. The fourth-order valence-corrected chi connectivity index (χ4v) is 2.44. The van der Waals surface area contributed by atoms with Gasteiger partial charge in [0, 0.05) is 11.8 Å². The zero-order valence-corrected chi connectivity index (χ0v) is 13.3. The van der Waals surface area contributed by atoms with Gasteiger partial charge in [-0.15, -0.1) is 0 Å². The molecule has 116 valence electrons. The third-order valence-corrected chi connectivity index (χ3v) is 3.56. The van der Waals surface area contributed by atoms with E-state index in [1.54, 1.807) is 35.9 Å². The lowest BCUT2D eigenvalue weighted by Gasteiger charge is -2.12. The average molecular weight is 342 g/mol.